The summed E-state index contributed by atoms with van der Waals surface area (Å²) < 4.78 is 10.3. The van der Waals surface area contributed by atoms with Crippen LogP contribution < -0.4 is 15.1 Å². The van der Waals surface area contributed by atoms with Crippen LogP contribution in [-0.4, -0.2) is 38.5 Å². The van der Waals surface area contributed by atoms with Crippen LogP contribution in [0.2, 0.25) is 0 Å². The van der Waals surface area contributed by atoms with Crippen LogP contribution in [0.25, 0.3) is 5.70 Å². The molecule has 0 spiro atoms. The van der Waals surface area contributed by atoms with Crippen LogP contribution in [-0.2, 0) is 19.2 Å². The highest BCUT2D eigenvalue weighted by atomic mass is 16.6. The Bertz CT molecular complexity index is 1280. The topological polar surface area (TPSA) is 94.2 Å². The first-order valence-corrected chi connectivity index (χ1v) is 11.4. The summed E-state index contributed by atoms with van der Waals surface area (Å²) in [6.07, 6.45) is 0. The maximum atomic E-state index is 13.5. The summed E-state index contributed by atoms with van der Waals surface area (Å²) in [4.78, 5) is 45.7. The molecule has 0 radical (unpaired) electrons. The first kappa shape index (κ1) is 24.7. The van der Waals surface area contributed by atoms with Gasteiger partial charge >= 0.3 is 5.97 Å². The third kappa shape index (κ3) is 4.71. The van der Waals surface area contributed by atoms with Gasteiger partial charge in [0, 0.05) is 11.3 Å². The van der Waals surface area contributed by atoms with E-state index >= 15 is 0 Å². The molecule has 1 unspecified atom stereocenters. The van der Waals surface area contributed by atoms with Crippen molar-refractivity contribution in [1.29, 1.82) is 0 Å². The molecule has 1 N–H and O–H groups in total. The van der Waals surface area contributed by atoms with Gasteiger partial charge in [0.15, 0.2) is 0 Å². The van der Waals surface area contributed by atoms with Crippen LogP contribution in [0.5, 0.6) is 5.75 Å². The average Bonchev–Trinajstić information content (AvgIpc) is 3.18. The standard InChI is InChI=1S/C28H26N2O6/c1-4-36-28(33)20-10-14-21(15-11-20)30-25(19-8-6-5-7-9-19)23(26(31)27(30)32)24(29-35-3)18-12-16-22(34-2)17-13-18/h5-17,25,29H,4H2,1-3H3. The number of nitrogens with one attached hydrogen (secondary N) is 1. The summed E-state index contributed by atoms with van der Waals surface area (Å²) in [6, 6.07) is 22.0. The zero-order chi connectivity index (χ0) is 25.7. The van der Waals surface area contributed by atoms with Gasteiger partial charge in [0.25, 0.3) is 11.7 Å². The van der Waals surface area contributed by atoms with Crippen molar-refractivity contribution in [3.05, 3.63) is 101 Å². The third-order valence-electron chi connectivity index (χ3n) is 5.81. The highest BCUT2D eigenvalue weighted by molar-refractivity contribution is 6.52. The SMILES string of the molecule is CCOC(=O)c1ccc(N2C(=O)C(=O)C(=C(NOC)c3ccc(OC)cc3)C2c2ccccc2)cc1. The van der Waals surface area contributed by atoms with Crippen molar-refractivity contribution in [3.63, 3.8) is 0 Å². The Morgan fingerprint density at radius 3 is 2.11 bits per heavy atom. The Kier molecular flexibility index (Phi) is 7.46. The molecule has 1 fully saturated rings. The summed E-state index contributed by atoms with van der Waals surface area (Å²) in [5.74, 6) is -1.16. The number of esters is 1. The highest BCUT2D eigenvalue weighted by Gasteiger charge is 2.46. The van der Waals surface area contributed by atoms with E-state index in [1.807, 2.05) is 30.3 Å². The molecule has 0 saturated carbocycles. The van der Waals surface area contributed by atoms with E-state index in [2.05, 4.69) is 5.48 Å². The van der Waals surface area contributed by atoms with Gasteiger partial charge in [-0.3, -0.25) is 24.8 Å². The Hall–Kier alpha value is -4.43. The van der Waals surface area contributed by atoms with Crippen LogP contribution in [0.3, 0.4) is 0 Å². The molecular formula is C28H26N2O6. The predicted molar refractivity (Wildman–Crippen MR) is 134 cm³/mol. The van der Waals surface area contributed by atoms with Crippen LogP contribution >= 0.6 is 0 Å². The molecule has 184 valence electrons. The summed E-state index contributed by atoms with van der Waals surface area (Å²) in [6.45, 7) is 1.98. The third-order valence-corrected chi connectivity index (χ3v) is 5.81. The van der Waals surface area contributed by atoms with E-state index in [4.69, 9.17) is 14.3 Å². The Balaban J connectivity index is 1.88. The molecule has 0 aliphatic carbocycles. The fourth-order valence-electron chi connectivity index (χ4n) is 4.16. The largest absolute Gasteiger partial charge is 0.497 e. The quantitative estimate of drug-likeness (QED) is 0.222. The fourth-order valence-corrected chi connectivity index (χ4v) is 4.16. The molecule has 8 heteroatoms. The van der Waals surface area contributed by atoms with E-state index in [0.29, 0.717) is 28.3 Å². The number of rotatable bonds is 8. The van der Waals surface area contributed by atoms with Gasteiger partial charge in [-0.2, -0.15) is 0 Å². The molecule has 1 aliphatic rings. The van der Waals surface area contributed by atoms with E-state index in [-0.39, 0.29) is 12.2 Å². The number of Topliss-reactive ketones (excluding diaryl/α,β-unsaturated/α-hetero) is 1. The van der Waals surface area contributed by atoms with Crippen LogP contribution in [0, 0.1) is 0 Å². The molecule has 1 atom stereocenters. The number of ketones is 1. The number of nitrogens with zero attached hydrogens (tertiary/aromatic N) is 1. The zero-order valence-electron chi connectivity index (χ0n) is 20.2. The van der Waals surface area contributed by atoms with Crippen molar-refractivity contribution in [1.82, 2.24) is 5.48 Å². The van der Waals surface area contributed by atoms with Crippen molar-refractivity contribution < 1.29 is 28.7 Å². The van der Waals surface area contributed by atoms with Gasteiger partial charge < -0.3 is 9.47 Å². The predicted octanol–water partition coefficient (Wildman–Crippen LogP) is 4.09. The number of hydroxylamine groups is 1. The lowest BCUT2D eigenvalue weighted by atomic mass is 9.94. The lowest BCUT2D eigenvalue weighted by Gasteiger charge is -2.26. The summed E-state index contributed by atoms with van der Waals surface area (Å²) >= 11 is 0. The van der Waals surface area contributed by atoms with Gasteiger partial charge in [-0.25, -0.2) is 4.79 Å². The monoisotopic (exact) mass is 486 g/mol. The molecule has 1 saturated heterocycles. The molecule has 3 aromatic carbocycles. The van der Waals surface area contributed by atoms with Gasteiger partial charge in [-0.15, -0.1) is 0 Å². The van der Waals surface area contributed by atoms with Crippen molar-refractivity contribution in [2.45, 2.75) is 13.0 Å². The minimum absolute atomic E-state index is 0.243. The van der Waals surface area contributed by atoms with Crippen molar-refractivity contribution >= 4 is 29.0 Å². The second-order valence-corrected chi connectivity index (χ2v) is 7.91. The van der Waals surface area contributed by atoms with Gasteiger partial charge in [-0.1, -0.05) is 30.3 Å². The fraction of sp³-hybridized carbons (Fsp3) is 0.179. The number of benzene rings is 3. The average molecular weight is 487 g/mol. The van der Waals surface area contributed by atoms with E-state index in [1.54, 1.807) is 62.6 Å². The number of carbonyl (C=O) groups excluding carboxylic acids is 3. The second-order valence-electron chi connectivity index (χ2n) is 7.91. The number of ether oxygens (including phenoxy) is 2. The van der Waals surface area contributed by atoms with Crippen molar-refractivity contribution in [2.24, 2.45) is 0 Å². The van der Waals surface area contributed by atoms with E-state index in [1.165, 1.54) is 12.0 Å². The van der Waals surface area contributed by atoms with E-state index < -0.39 is 23.7 Å². The number of hydrogen-bond acceptors (Lipinski definition) is 7. The van der Waals surface area contributed by atoms with Crippen molar-refractivity contribution in [3.8, 4) is 5.75 Å². The molecule has 3 aromatic rings. The molecule has 36 heavy (non-hydrogen) atoms. The van der Waals surface area contributed by atoms with E-state index in [0.717, 1.165) is 5.56 Å². The normalized spacial score (nSPS) is 16.6. The minimum Gasteiger partial charge on any atom is -0.497 e. The maximum Gasteiger partial charge on any atom is 0.338 e. The van der Waals surface area contributed by atoms with E-state index in [9.17, 15) is 14.4 Å². The number of anilines is 1. The molecule has 1 heterocycles. The van der Waals surface area contributed by atoms with Gasteiger partial charge in [0.05, 0.1) is 43.7 Å². The Morgan fingerprint density at radius 1 is 0.889 bits per heavy atom. The molecule has 1 amide bonds. The molecule has 8 nitrogen and oxygen atoms in total. The van der Waals surface area contributed by atoms with Crippen LogP contribution in [0.4, 0.5) is 5.69 Å². The van der Waals surface area contributed by atoms with Gasteiger partial charge in [0.2, 0.25) is 0 Å². The lowest BCUT2D eigenvalue weighted by molar-refractivity contribution is -0.132. The molecule has 0 aromatic heterocycles. The Labute approximate surface area is 209 Å². The molecule has 1 aliphatic heterocycles. The minimum atomic E-state index is -0.737. The summed E-state index contributed by atoms with van der Waals surface area (Å²) in [7, 11) is 3.01. The second kappa shape index (κ2) is 10.9. The molecule has 4 rings (SSSR count). The van der Waals surface area contributed by atoms with Gasteiger partial charge in [0.1, 0.15) is 5.75 Å². The number of hydrogen-bond donors (Lipinski definition) is 1. The lowest BCUT2D eigenvalue weighted by Crippen LogP contribution is -2.29. The summed E-state index contributed by atoms with van der Waals surface area (Å²) in [5.41, 5.74) is 5.64. The number of amides is 1. The first-order valence-electron chi connectivity index (χ1n) is 11.4. The smallest absolute Gasteiger partial charge is 0.338 e. The number of methoxy groups -OCH3 is 1. The van der Waals surface area contributed by atoms with Crippen LogP contribution in [0.15, 0.2) is 84.4 Å². The zero-order valence-corrected chi connectivity index (χ0v) is 20.2. The van der Waals surface area contributed by atoms with Crippen molar-refractivity contribution in [2.75, 3.05) is 25.7 Å². The highest BCUT2D eigenvalue weighted by Crippen LogP contribution is 2.42. The Morgan fingerprint density at radius 2 is 1.53 bits per heavy atom. The summed E-state index contributed by atoms with van der Waals surface area (Å²) in [5, 5.41) is 0. The molecule has 0 bridgehead atoms. The number of carbonyl (C=O) groups is 3. The molecular weight excluding hydrogens is 460 g/mol. The first-order chi connectivity index (χ1) is 17.5. The maximum absolute atomic E-state index is 13.5. The van der Waals surface area contributed by atoms with Crippen LogP contribution in [0.1, 0.15) is 34.5 Å². The van der Waals surface area contributed by atoms with Gasteiger partial charge in [-0.05, 0) is 61.0 Å².